The maximum atomic E-state index is 12.8. The number of pyridine rings is 1. The summed E-state index contributed by atoms with van der Waals surface area (Å²) in [5, 5.41) is 7.59. The zero-order chi connectivity index (χ0) is 22.9. The fourth-order valence-corrected chi connectivity index (χ4v) is 4.73. The first-order valence-electron chi connectivity index (χ1n) is 9.56. The monoisotopic (exact) mass is 473 g/mol. The van der Waals surface area contributed by atoms with E-state index in [4.69, 9.17) is 26.8 Å². The second-order valence-electron chi connectivity index (χ2n) is 6.76. The van der Waals surface area contributed by atoms with E-state index in [1.807, 2.05) is 6.92 Å². The summed E-state index contributed by atoms with van der Waals surface area (Å²) in [6, 6.07) is 13.0. The molecule has 11 heteroatoms. The topological polar surface area (TPSA) is 132 Å². The maximum absolute atomic E-state index is 12.8. The lowest BCUT2D eigenvalue weighted by Gasteiger charge is -2.12. The van der Waals surface area contributed by atoms with E-state index in [0.29, 0.717) is 46.3 Å². The number of fused-ring (bicyclic) bond motifs is 1. The second-order valence-corrected chi connectivity index (χ2v) is 8.81. The highest BCUT2D eigenvalue weighted by atomic mass is 35.5. The SMILES string of the molecule is CCOc1nc(-c2ccc(NS(=O)(=O)c3cc(OC)ccc3Cl)cc2)cc2[nH]nc(N)c12. The second kappa shape index (κ2) is 8.56. The van der Waals surface area contributed by atoms with Gasteiger partial charge in [0.1, 0.15) is 16.0 Å². The van der Waals surface area contributed by atoms with Gasteiger partial charge in [-0.3, -0.25) is 9.82 Å². The summed E-state index contributed by atoms with van der Waals surface area (Å²) < 4.78 is 38.9. The molecule has 2 heterocycles. The van der Waals surface area contributed by atoms with Gasteiger partial charge in [-0.05, 0) is 37.3 Å². The highest BCUT2D eigenvalue weighted by Crippen LogP contribution is 2.32. The molecule has 0 bridgehead atoms. The number of hydrogen-bond acceptors (Lipinski definition) is 7. The maximum Gasteiger partial charge on any atom is 0.263 e. The molecule has 4 rings (SSSR count). The zero-order valence-corrected chi connectivity index (χ0v) is 18.8. The number of sulfonamides is 1. The molecule has 0 radical (unpaired) electrons. The number of nitrogens with one attached hydrogen (secondary N) is 2. The molecule has 0 spiro atoms. The smallest absolute Gasteiger partial charge is 0.263 e. The van der Waals surface area contributed by atoms with Crippen LogP contribution in [0.3, 0.4) is 0 Å². The summed E-state index contributed by atoms with van der Waals surface area (Å²) in [5.74, 6) is 1.07. The third-order valence-corrected chi connectivity index (χ3v) is 6.54. The normalized spacial score (nSPS) is 11.5. The van der Waals surface area contributed by atoms with Crippen molar-refractivity contribution in [2.24, 2.45) is 0 Å². The molecule has 9 nitrogen and oxygen atoms in total. The van der Waals surface area contributed by atoms with E-state index < -0.39 is 10.0 Å². The molecule has 0 unspecified atom stereocenters. The summed E-state index contributed by atoms with van der Waals surface area (Å²) in [7, 11) is -2.47. The number of halogens is 1. The number of ether oxygens (including phenoxy) is 2. The fraction of sp³-hybridized carbons (Fsp3) is 0.143. The third-order valence-electron chi connectivity index (χ3n) is 4.68. The number of benzene rings is 2. The van der Waals surface area contributed by atoms with Gasteiger partial charge in [0, 0.05) is 17.3 Å². The van der Waals surface area contributed by atoms with Crippen LogP contribution in [0.2, 0.25) is 5.02 Å². The van der Waals surface area contributed by atoms with Crippen molar-refractivity contribution in [3.8, 4) is 22.9 Å². The molecule has 0 aliphatic carbocycles. The average Bonchev–Trinajstić information content (AvgIpc) is 3.15. The Morgan fingerprint density at radius 2 is 1.91 bits per heavy atom. The summed E-state index contributed by atoms with van der Waals surface area (Å²) in [5.41, 5.74) is 8.33. The zero-order valence-electron chi connectivity index (χ0n) is 17.2. The van der Waals surface area contributed by atoms with E-state index in [-0.39, 0.29) is 9.92 Å². The molecule has 0 saturated heterocycles. The highest BCUT2D eigenvalue weighted by Gasteiger charge is 2.19. The van der Waals surface area contributed by atoms with Crippen LogP contribution >= 0.6 is 11.6 Å². The van der Waals surface area contributed by atoms with Crippen LogP contribution in [0, 0.1) is 0 Å². The fourth-order valence-electron chi connectivity index (χ4n) is 3.16. The molecule has 0 aliphatic rings. The van der Waals surface area contributed by atoms with Crippen molar-refractivity contribution in [2.75, 3.05) is 24.2 Å². The first-order valence-corrected chi connectivity index (χ1v) is 11.4. The number of methoxy groups -OCH3 is 1. The van der Waals surface area contributed by atoms with Gasteiger partial charge in [0.05, 0.1) is 29.9 Å². The Morgan fingerprint density at radius 3 is 2.59 bits per heavy atom. The van der Waals surface area contributed by atoms with Crippen LogP contribution < -0.4 is 19.9 Å². The predicted octanol–water partition coefficient (Wildman–Crippen LogP) is 4.07. The Kier molecular flexibility index (Phi) is 5.81. The lowest BCUT2D eigenvalue weighted by atomic mass is 10.1. The Labute approximate surface area is 189 Å². The first kappa shape index (κ1) is 21.7. The van der Waals surface area contributed by atoms with Crippen LogP contribution in [0.4, 0.5) is 11.5 Å². The van der Waals surface area contributed by atoms with E-state index >= 15 is 0 Å². The van der Waals surface area contributed by atoms with Crippen LogP contribution in [0.25, 0.3) is 22.2 Å². The lowest BCUT2D eigenvalue weighted by molar-refractivity contribution is 0.332. The Morgan fingerprint density at radius 1 is 1.16 bits per heavy atom. The Balaban J connectivity index is 1.64. The third kappa shape index (κ3) is 4.14. The molecule has 0 amide bonds. The van der Waals surface area contributed by atoms with Crippen LogP contribution in [0.5, 0.6) is 11.6 Å². The number of H-pyrrole nitrogens is 1. The highest BCUT2D eigenvalue weighted by molar-refractivity contribution is 7.92. The van der Waals surface area contributed by atoms with E-state index in [9.17, 15) is 8.42 Å². The van der Waals surface area contributed by atoms with Crippen LogP contribution in [-0.4, -0.2) is 37.3 Å². The minimum Gasteiger partial charge on any atom is -0.497 e. The van der Waals surface area contributed by atoms with Crippen LogP contribution in [-0.2, 0) is 10.0 Å². The molecule has 0 aliphatic heterocycles. The Bertz CT molecular complexity index is 1390. The minimum absolute atomic E-state index is 0.0760. The van der Waals surface area contributed by atoms with E-state index in [2.05, 4.69) is 19.9 Å². The van der Waals surface area contributed by atoms with E-state index in [0.717, 1.165) is 5.56 Å². The number of nitrogens with zero attached hydrogens (tertiary/aromatic N) is 2. The van der Waals surface area contributed by atoms with Crippen molar-refractivity contribution in [3.63, 3.8) is 0 Å². The van der Waals surface area contributed by atoms with Crippen LogP contribution in [0.1, 0.15) is 6.92 Å². The van der Waals surface area contributed by atoms with E-state index in [1.54, 1.807) is 36.4 Å². The molecule has 2 aromatic heterocycles. The number of rotatable bonds is 7. The molecule has 0 atom stereocenters. The van der Waals surface area contributed by atoms with E-state index in [1.165, 1.54) is 19.2 Å². The molecule has 166 valence electrons. The molecule has 32 heavy (non-hydrogen) atoms. The van der Waals surface area contributed by atoms with Crippen LogP contribution in [0.15, 0.2) is 53.4 Å². The first-order chi connectivity index (χ1) is 15.3. The van der Waals surface area contributed by atoms with Gasteiger partial charge in [0.15, 0.2) is 5.82 Å². The average molecular weight is 474 g/mol. The van der Waals surface area contributed by atoms with Gasteiger partial charge in [-0.25, -0.2) is 13.4 Å². The minimum atomic E-state index is -3.92. The van der Waals surface area contributed by atoms with Crippen molar-refractivity contribution >= 4 is 44.0 Å². The molecular formula is C21H20ClN5O4S. The summed E-state index contributed by atoms with van der Waals surface area (Å²) in [6.07, 6.45) is 0. The van der Waals surface area contributed by atoms with Crippen molar-refractivity contribution in [1.82, 2.24) is 15.2 Å². The number of hydrogen-bond donors (Lipinski definition) is 3. The molecule has 2 aromatic carbocycles. The molecule has 4 N–H and O–H groups in total. The van der Waals surface area contributed by atoms with Gasteiger partial charge in [0.25, 0.3) is 10.0 Å². The van der Waals surface area contributed by atoms with Gasteiger partial charge in [-0.1, -0.05) is 23.7 Å². The van der Waals surface area contributed by atoms with Gasteiger partial charge in [-0.2, -0.15) is 5.10 Å². The number of nitrogen functional groups attached to an aromatic ring is 1. The predicted molar refractivity (Wildman–Crippen MR) is 124 cm³/mol. The number of nitrogens with two attached hydrogens (primary N) is 1. The molecule has 4 aromatic rings. The molecule has 0 fully saturated rings. The quantitative estimate of drug-likeness (QED) is 0.368. The van der Waals surface area contributed by atoms with Gasteiger partial charge in [-0.15, -0.1) is 0 Å². The molecule has 0 saturated carbocycles. The standard InChI is InChI=1S/C21H20ClN5O4S/c1-3-31-21-19-17(25-26-20(19)23)11-16(24-21)12-4-6-13(7-5-12)27-32(28,29)18-10-14(30-2)8-9-15(18)22/h4-11,27H,3H2,1-2H3,(H3,23,25,26). The summed E-state index contributed by atoms with van der Waals surface area (Å²) in [4.78, 5) is 4.47. The number of anilines is 2. The Hall–Kier alpha value is -3.50. The number of aromatic nitrogens is 3. The van der Waals surface area contributed by atoms with Crippen molar-refractivity contribution in [1.29, 1.82) is 0 Å². The van der Waals surface area contributed by atoms with Crippen molar-refractivity contribution in [2.45, 2.75) is 11.8 Å². The van der Waals surface area contributed by atoms with Crippen molar-refractivity contribution < 1.29 is 17.9 Å². The van der Waals surface area contributed by atoms with Gasteiger partial charge >= 0.3 is 0 Å². The summed E-state index contributed by atoms with van der Waals surface area (Å²) >= 11 is 6.09. The van der Waals surface area contributed by atoms with Gasteiger partial charge in [0.2, 0.25) is 5.88 Å². The molecular weight excluding hydrogens is 454 g/mol. The largest absolute Gasteiger partial charge is 0.497 e. The lowest BCUT2D eigenvalue weighted by Crippen LogP contribution is -2.13. The van der Waals surface area contributed by atoms with Gasteiger partial charge < -0.3 is 15.2 Å². The number of aromatic amines is 1. The summed E-state index contributed by atoms with van der Waals surface area (Å²) in [6.45, 7) is 2.27. The van der Waals surface area contributed by atoms with Crippen molar-refractivity contribution in [3.05, 3.63) is 53.6 Å².